The van der Waals surface area contributed by atoms with Gasteiger partial charge in [-0.1, -0.05) is 33.3 Å². The summed E-state index contributed by atoms with van der Waals surface area (Å²) in [5.74, 6) is 1.22. The predicted molar refractivity (Wildman–Crippen MR) is 118 cm³/mol. The number of nitrogens with one attached hydrogen (secondary N) is 1. The molecule has 5 nitrogen and oxygen atoms in total. The number of carbonyl (C=O) groups excluding carboxylic acids is 1. The summed E-state index contributed by atoms with van der Waals surface area (Å²) >= 11 is 0. The third-order valence-corrected chi connectivity index (χ3v) is 9.76. The SMILES string of the molecule is CC1(C)CCC[C@@]2(C)[C@H]1CCC1(CC1)[C@@H]2CCC/C=C1/C(=O)OC[C@H]1NS(C)(=O)=O. The van der Waals surface area contributed by atoms with Crippen molar-refractivity contribution < 1.29 is 17.9 Å². The zero-order valence-corrected chi connectivity index (χ0v) is 19.9. The number of rotatable bonds is 6. The molecule has 1 heterocycles. The minimum absolute atomic E-state index is 0.0955. The van der Waals surface area contributed by atoms with E-state index < -0.39 is 16.1 Å². The minimum atomic E-state index is -3.37. The average Bonchev–Trinajstić information content (AvgIpc) is 3.31. The molecular weight excluding hydrogens is 398 g/mol. The van der Waals surface area contributed by atoms with E-state index in [0.717, 1.165) is 30.9 Å². The van der Waals surface area contributed by atoms with Crippen LogP contribution in [0.2, 0.25) is 0 Å². The molecule has 0 unspecified atom stereocenters. The summed E-state index contributed by atoms with van der Waals surface area (Å²) in [6, 6.07) is -0.544. The fraction of sp³-hybridized carbons (Fsp3) is 0.875. The van der Waals surface area contributed by atoms with E-state index in [-0.39, 0.29) is 12.6 Å². The van der Waals surface area contributed by atoms with Crippen LogP contribution in [0.15, 0.2) is 11.6 Å². The third kappa shape index (κ3) is 4.11. The van der Waals surface area contributed by atoms with Crippen molar-refractivity contribution in [1.82, 2.24) is 4.72 Å². The summed E-state index contributed by atoms with van der Waals surface area (Å²) in [7, 11) is -3.37. The van der Waals surface area contributed by atoms with Gasteiger partial charge in [-0.2, -0.15) is 0 Å². The molecule has 4 fully saturated rings. The topological polar surface area (TPSA) is 72.5 Å². The normalized spacial score (nSPS) is 38.5. The zero-order valence-electron chi connectivity index (χ0n) is 19.1. The van der Waals surface area contributed by atoms with Gasteiger partial charge in [0, 0.05) is 0 Å². The maximum atomic E-state index is 12.1. The van der Waals surface area contributed by atoms with E-state index in [4.69, 9.17) is 4.74 Å². The van der Waals surface area contributed by atoms with Gasteiger partial charge in [-0.25, -0.2) is 17.9 Å². The Morgan fingerprint density at radius 3 is 2.53 bits per heavy atom. The summed E-state index contributed by atoms with van der Waals surface area (Å²) in [6.45, 7) is 7.66. The van der Waals surface area contributed by atoms with Crippen LogP contribution in [0.1, 0.15) is 85.0 Å². The number of hydrogen-bond acceptors (Lipinski definition) is 4. The van der Waals surface area contributed by atoms with Crippen molar-refractivity contribution in [2.24, 2.45) is 28.1 Å². The van der Waals surface area contributed by atoms with Crippen molar-refractivity contribution in [3.63, 3.8) is 0 Å². The van der Waals surface area contributed by atoms with Crippen molar-refractivity contribution >= 4 is 16.0 Å². The van der Waals surface area contributed by atoms with Gasteiger partial charge in [-0.15, -0.1) is 0 Å². The van der Waals surface area contributed by atoms with Crippen LogP contribution in [0.3, 0.4) is 0 Å². The number of carbonyl (C=O) groups is 1. The van der Waals surface area contributed by atoms with E-state index in [1.165, 1.54) is 51.4 Å². The summed E-state index contributed by atoms with van der Waals surface area (Å²) < 4.78 is 30.8. The Bertz CT molecular complexity index is 826. The first-order valence-corrected chi connectivity index (χ1v) is 13.7. The highest BCUT2D eigenvalue weighted by Gasteiger charge is 2.62. The van der Waals surface area contributed by atoms with Crippen LogP contribution in [-0.2, 0) is 19.6 Å². The number of esters is 1. The number of fused-ring (bicyclic) bond motifs is 1. The zero-order chi connectivity index (χ0) is 21.8. The van der Waals surface area contributed by atoms with E-state index in [2.05, 4.69) is 25.5 Å². The summed E-state index contributed by atoms with van der Waals surface area (Å²) in [5, 5.41) is 0. The second-order valence-corrected chi connectivity index (χ2v) is 13.3. The highest BCUT2D eigenvalue weighted by atomic mass is 32.2. The van der Waals surface area contributed by atoms with E-state index in [1.54, 1.807) is 0 Å². The van der Waals surface area contributed by atoms with Crippen LogP contribution < -0.4 is 4.72 Å². The molecule has 1 aliphatic heterocycles. The predicted octanol–water partition coefficient (Wildman–Crippen LogP) is 4.58. The minimum Gasteiger partial charge on any atom is -0.460 e. The molecule has 3 saturated carbocycles. The summed E-state index contributed by atoms with van der Waals surface area (Å²) in [6.07, 6.45) is 15.8. The lowest BCUT2D eigenvalue weighted by Crippen LogP contribution is -2.52. The molecule has 0 aromatic rings. The van der Waals surface area contributed by atoms with E-state index in [9.17, 15) is 13.2 Å². The van der Waals surface area contributed by atoms with Crippen LogP contribution in [0.25, 0.3) is 0 Å². The number of sulfonamides is 1. The number of hydrogen-bond donors (Lipinski definition) is 1. The Labute approximate surface area is 182 Å². The van der Waals surface area contributed by atoms with E-state index >= 15 is 0 Å². The second kappa shape index (κ2) is 7.61. The van der Waals surface area contributed by atoms with Crippen molar-refractivity contribution in [1.29, 1.82) is 0 Å². The van der Waals surface area contributed by atoms with Gasteiger partial charge >= 0.3 is 5.97 Å². The van der Waals surface area contributed by atoms with Gasteiger partial charge in [-0.05, 0) is 85.9 Å². The van der Waals surface area contributed by atoms with Crippen LogP contribution in [0, 0.1) is 28.1 Å². The lowest BCUT2D eigenvalue weighted by molar-refractivity contribution is -0.135. The monoisotopic (exact) mass is 437 g/mol. The Morgan fingerprint density at radius 1 is 1.13 bits per heavy atom. The first-order chi connectivity index (χ1) is 14.0. The van der Waals surface area contributed by atoms with Crippen molar-refractivity contribution in [3.05, 3.63) is 11.6 Å². The van der Waals surface area contributed by atoms with Gasteiger partial charge in [0.25, 0.3) is 0 Å². The molecule has 4 aliphatic rings. The van der Waals surface area contributed by atoms with Gasteiger partial charge in [0.15, 0.2) is 0 Å². The number of allylic oxidation sites excluding steroid dienone is 1. The Kier molecular flexibility index (Phi) is 5.66. The lowest BCUT2D eigenvalue weighted by Gasteiger charge is -2.60. The molecule has 0 amide bonds. The molecule has 4 rings (SSSR count). The van der Waals surface area contributed by atoms with Gasteiger partial charge in [-0.3, -0.25) is 0 Å². The number of ether oxygens (including phenoxy) is 1. The van der Waals surface area contributed by atoms with Crippen LogP contribution >= 0.6 is 0 Å². The molecule has 4 atom stereocenters. The van der Waals surface area contributed by atoms with Crippen molar-refractivity contribution in [2.45, 2.75) is 91.0 Å². The molecule has 0 aromatic heterocycles. The first kappa shape index (κ1) is 22.3. The summed E-state index contributed by atoms with van der Waals surface area (Å²) in [4.78, 5) is 12.1. The molecule has 1 saturated heterocycles. The third-order valence-electron chi connectivity index (χ3n) is 9.04. The van der Waals surface area contributed by atoms with E-state index in [0.29, 0.717) is 21.8 Å². The fourth-order valence-corrected chi connectivity index (χ4v) is 8.35. The molecule has 0 bridgehead atoms. The first-order valence-electron chi connectivity index (χ1n) is 11.8. The Hall–Kier alpha value is -0.880. The van der Waals surface area contributed by atoms with Crippen molar-refractivity contribution in [3.8, 4) is 0 Å². The molecule has 30 heavy (non-hydrogen) atoms. The molecule has 1 spiro atoms. The van der Waals surface area contributed by atoms with Crippen LogP contribution in [0.5, 0.6) is 0 Å². The smallest absolute Gasteiger partial charge is 0.335 e. The highest BCUT2D eigenvalue weighted by Crippen LogP contribution is 2.72. The molecule has 170 valence electrons. The van der Waals surface area contributed by atoms with Crippen LogP contribution in [-0.4, -0.2) is 33.3 Å². The quantitative estimate of drug-likeness (QED) is 0.375. The molecule has 0 aromatic carbocycles. The highest BCUT2D eigenvalue weighted by molar-refractivity contribution is 7.88. The van der Waals surface area contributed by atoms with Gasteiger partial charge in [0.1, 0.15) is 6.61 Å². The van der Waals surface area contributed by atoms with Gasteiger partial charge in [0.2, 0.25) is 10.0 Å². The Balaban J connectivity index is 1.43. The number of cyclic esters (lactones) is 1. The van der Waals surface area contributed by atoms with Gasteiger partial charge < -0.3 is 4.74 Å². The molecular formula is C24H39NO4S. The Morgan fingerprint density at radius 2 is 1.87 bits per heavy atom. The van der Waals surface area contributed by atoms with Crippen LogP contribution in [0.4, 0.5) is 0 Å². The lowest BCUT2D eigenvalue weighted by atomic mass is 9.45. The second-order valence-electron chi connectivity index (χ2n) is 11.5. The average molecular weight is 438 g/mol. The standard InChI is InChI=1S/C24H39NO4S/c1-22(2)11-7-12-23(3)19(22)10-13-24(14-15-24)20(23)9-6-5-8-17-18(16-29-21(17)26)25-30(4,27)28/h8,18-20,25H,5-7,9-16H2,1-4H3/b17-8+/t18-,19+,20-,23+/m1/s1. The molecule has 6 heteroatoms. The molecule has 3 aliphatic carbocycles. The largest absolute Gasteiger partial charge is 0.460 e. The van der Waals surface area contributed by atoms with Gasteiger partial charge in [0.05, 0.1) is 17.9 Å². The maximum Gasteiger partial charge on any atom is 0.335 e. The maximum absolute atomic E-state index is 12.1. The van der Waals surface area contributed by atoms with E-state index in [1.807, 2.05) is 6.08 Å². The molecule has 1 N–H and O–H groups in total. The fourth-order valence-electron chi connectivity index (χ4n) is 7.64. The van der Waals surface area contributed by atoms with Crippen molar-refractivity contribution in [2.75, 3.05) is 12.9 Å². The molecule has 0 radical (unpaired) electrons. The summed E-state index contributed by atoms with van der Waals surface area (Å²) in [5.41, 5.74) is 1.95. The number of unbranched alkanes of at least 4 members (excludes halogenated alkanes) is 1.